The molecule has 2 aromatic rings. The van der Waals surface area contributed by atoms with Crippen LogP contribution < -0.4 is 15.5 Å². The third kappa shape index (κ3) is 5.76. The van der Waals surface area contributed by atoms with Crippen molar-refractivity contribution >= 4 is 23.0 Å². The van der Waals surface area contributed by atoms with Crippen LogP contribution in [-0.4, -0.2) is 38.3 Å². The Hall–Kier alpha value is -2.05. The summed E-state index contributed by atoms with van der Waals surface area (Å²) in [7, 11) is 4.06. The van der Waals surface area contributed by atoms with Crippen LogP contribution in [0.1, 0.15) is 24.3 Å². The Bertz CT molecular complexity index is 680. The Labute approximate surface area is 154 Å². The van der Waals surface area contributed by atoms with Crippen LogP contribution in [0.15, 0.2) is 46.8 Å². The standard InChI is InChI=1S/C19H28N4OS/c1-5-20-18(22-14-19(2,24)17-10-7-11-25-17)21-13-15-8-6-9-16(12-15)23(3)4/h6-12,24H,5,13-14H2,1-4H3,(H2,20,21,22). The maximum Gasteiger partial charge on any atom is 0.191 e. The highest BCUT2D eigenvalue weighted by atomic mass is 32.1. The summed E-state index contributed by atoms with van der Waals surface area (Å²) < 4.78 is 0. The van der Waals surface area contributed by atoms with Gasteiger partial charge in [0, 0.05) is 31.2 Å². The van der Waals surface area contributed by atoms with Gasteiger partial charge in [0.15, 0.2) is 5.96 Å². The first-order valence-corrected chi connectivity index (χ1v) is 9.35. The Morgan fingerprint density at radius 3 is 2.68 bits per heavy atom. The van der Waals surface area contributed by atoms with E-state index in [1.165, 1.54) is 0 Å². The number of nitrogens with one attached hydrogen (secondary N) is 2. The van der Waals surface area contributed by atoms with Crippen molar-refractivity contribution in [3.63, 3.8) is 0 Å². The molecule has 0 bridgehead atoms. The second kappa shape index (κ2) is 8.87. The Balaban J connectivity index is 2.02. The van der Waals surface area contributed by atoms with E-state index in [0.29, 0.717) is 19.0 Å². The SMILES string of the molecule is CCNC(=NCc1cccc(N(C)C)c1)NCC(C)(O)c1cccs1. The zero-order valence-electron chi connectivity index (χ0n) is 15.4. The van der Waals surface area contributed by atoms with Crippen molar-refractivity contribution in [3.8, 4) is 0 Å². The van der Waals surface area contributed by atoms with Gasteiger partial charge in [0.05, 0.1) is 13.1 Å². The molecule has 0 aliphatic rings. The number of aliphatic hydroxyl groups is 1. The average Bonchev–Trinajstić information content (AvgIpc) is 3.13. The van der Waals surface area contributed by atoms with Crippen LogP contribution in [0.25, 0.3) is 0 Å². The topological polar surface area (TPSA) is 59.9 Å². The highest BCUT2D eigenvalue weighted by Gasteiger charge is 2.24. The molecule has 5 nitrogen and oxygen atoms in total. The number of guanidine groups is 1. The molecule has 136 valence electrons. The van der Waals surface area contributed by atoms with E-state index in [2.05, 4.69) is 38.7 Å². The lowest BCUT2D eigenvalue weighted by molar-refractivity contribution is 0.0655. The molecule has 0 fully saturated rings. The number of benzene rings is 1. The smallest absolute Gasteiger partial charge is 0.191 e. The van der Waals surface area contributed by atoms with Gasteiger partial charge in [-0.2, -0.15) is 0 Å². The summed E-state index contributed by atoms with van der Waals surface area (Å²) in [6, 6.07) is 12.2. The third-order valence-electron chi connectivity index (χ3n) is 3.84. The minimum absolute atomic E-state index is 0.400. The molecular weight excluding hydrogens is 332 g/mol. The molecule has 6 heteroatoms. The van der Waals surface area contributed by atoms with E-state index in [4.69, 9.17) is 0 Å². The summed E-state index contributed by atoms with van der Waals surface area (Å²) in [5.41, 5.74) is 1.38. The van der Waals surface area contributed by atoms with E-state index in [0.717, 1.165) is 22.7 Å². The van der Waals surface area contributed by atoms with Gasteiger partial charge in [-0.15, -0.1) is 11.3 Å². The van der Waals surface area contributed by atoms with Crippen LogP contribution in [0.2, 0.25) is 0 Å². The lowest BCUT2D eigenvalue weighted by Crippen LogP contribution is -2.44. The van der Waals surface area contributed by atoms with E-state index < -0.39 is 5.60 Å². The summed E-state index contributed by atoms with van der Waals surface area (Å²) in [6.07, 6.45) is 0. The van der Waals surface area contributed by atoms with Crippen molar-refractivity contribution < 1.29 is 5.11 Å². The highest BCUT2D eigenvalue weighted by Crippen LogP contribution is 2.24. The summed E-state index contributed by atoms with van der Waals surface area (Å²) >= 11 is 1.55. The minimum atomic E-state index is -0.921. The number of rotatable bonds is 7. The molecule has 1 heterocycles. The molecule has 3 N–H and O–H groups in total. The largest absolute Gasteiger partial charge is 0.383 e. The van der Waals surface area contributed by atoms with E-state index in [1.807, 2.05) is 51.5 Å². The summed E-state index contributed by atoms with van der Waals surface area (Å²) in [6.45, 7) is 5.59. The van der Waals surface area contributed by atoms with Crippen molar-refractivity contribution in [2.45, 2.75) is 26.0 Å². The van der Waals surface area contributed by atoms with Crippen molar-refractivity contribution in [1.82, 2.24) is 10.6 Å². The van der Waals surface area contributed by atoms with Crippen LogP contribution in [-0.2, 0) is 12.1 Å². The van der Waals surface area contributed by atoms with Crippen molar-refractivity contribution in [2.24, 2.45) is 4.99 Å². The number of thiophene rings is 1. The van der Waals surface area contributed by atoms with E-state index in [9.17, 15) is 5.11 Å². The predicted molar refractivity (Wildman–Crippen MR) is 107 cm³/mol. The minimum Gasteiger partial charge on any atom is -0.383 e. The van der Waals surface area contributed by atoms with Crippen LogP contribution in [0.4, 0.5) is 5.69 Å². The van der Waals surface area contributed by atoms with Crippen LogP contribution in [0, 0.1) is 0 Å². The molecule has 1 aromatic carbocycles. The van der Waals surface area contributed by atoms with E-state index >= 15 is 0 Å². The number of hydrogen-bond donors (Lipinski definition) is 3. The molecule has 2 rings (SSSR count). The Morgan fingerprint density at radius 1 is 1.24 bits per heavy atom. The number of aliphatic imine (C=N–C) groups is 1. The first-order chi connectivity index (χ1) is 11.9. The molecule has 25 heavy (non-hydrogen) atoms. The van der Waals surface area contributed by atoms with Crippen LogP contribution >= 0.6 is 11.3 Å². The Morgan fingerprint density at radius 2 is 2.04 bits per heavy atom. The van der Waals surface area contributed by atoms with Crippen molar-refractivity contribution in [3.05, 3.63) is 52.2 Å². The van der Waals surface area contributed by atoms with Crippen LogP contribution in [0.3, 0.4) is 0 Å². The van der Waals surface area contributed by atoms with Gasteiger partial charge in [0.1, 0.15) is 5.60 Å². The van der Waals surface area contributed by atoms with Gasteiger partial charge in [0.25, 0.3) is 0 Å². The summed E-state index contributed by atoms with van der Waals surface area (Å²) in [5, 5.41) is 19.1. The van der Waals surface area contributed by atoms with Gasteiger partial charge < -0.3 is 20.6 Å². The monoisotopic (exact) mass is 360 g/mol. The van der Waals surface area contributed by atoms with E-state index in [1.54, 1.807) is 11.3 Å². The first kappa shape index (κ1) is 19.3. The fraction of sp³-hybridized carbons (Fsp3) is 0.421. The van der Waals surface area contributed by atoms with Crippen molar-refractivity contribution in [2.75, 3.05) is 32.1 Å². The fourth-order valence-electron chi connectivity index (χ4n) is 2.37. The van der Waals surface area contributed by atoms with E-state index in [-0.39, 0.29) is 0 Å². The van der Waals surface area contributed by atoms with Gasteiger partial charge >= 0.3 is 0 Å². The van der Waals surface area contributed by atoms with Gasteiger partial charge in [-0.25, -0.2) is 4.99 Å². The Kier molecular flexibility index (Phi) is 6.84. The lowest BCUT2D eigenvalue weighted by Gasteiger charge is -2.23. The van der Waals surface area contributed by atoms with Crippen molar-refractivity contribution in [1.29, 1.82) is 0 Å². The molecule has 0 aliphatic carbocycles. The average molecular weight is 361 g/mol. The summed E-state index contributed by atoms with van der Waals surface area (Å²) in [4.78, 5) is 7.65. The normalized spacial score (nSPS) is 14.0. The molecule has 0 radical (unpaired) electrons. The number of anilines is 1. The van der Waals surface area contributed by atoms with Gasteiger partial charge in [-0.05, 0) is 43.0 Å². The third-order valence-corrected chi connectivity index (χ3v) is 4.97. The lowest BCUT2D eigenvalue weighted by atomic mass is 10.1. The van der Waals surface area contributed by atoms with Crippen LogP contribution in [0.5, 0.6) is 0 Å². The molecule has 0 spiro atoms. The van der Waals surface area contributed by atoms with Gasteiger partial charge in [0.2, 0.25) is 0 Å². The fourth-order valence-corrected chi connectivity index (χ4v) is 3.16. The van der Waals surface area contributed by atoms with Gasteiger partial charge in [-0.3, -0.25) is 0 Å². The molecule has 1 unspecified atom stereocenters. The molecule has 1 aromatic heterocycles. The molecule has 1 atom stereocenters. The maximum absolute atomic E-state index is 10.6. The second-order valence-electron chi connectivity index (χ2n) is 6.36. The zero-order chi connectivity index (χ0) is 18.3. The quantitative estimate of drug-likeness (QED) is 0.525. The van der Waals surface area contributed by atoms with Gasteiger partial charge in [-0.1, -0.05) is 18.2 Å². The zero-order valence-corrected chi connectivity index (χ0v) is 16.2. The summed E-state index contributed by atoms with van der Waals surface area (Å²) in [5.74, 6) is 0.703. The molecule has 0 amide bonds. The molecule has 0 saturated heterocycles. The predicted octanol–water partition coefficient (Wildman–Crippen LogP) is 2.78. The number of nitrogens with zero attached hydrogens (tertiary/aromatic N) is 2. The second-order valence-corrected chi connectivity index (χ2v) is 7.31. The highest BCUT2D eigenvalue weighted by molar-refractivity contribution is 7.10. The maximum atomic E-state index is 10.6. The molecule has 0 saturated carbocycles. The number of hydrogen-bond acceptors (Lipinski definition) is 4. The molecule has 0 aliphatic heterocycles. The molecular formula is C19H28N4OS. The first-order valence-electron chi connectivity index (χ1n) is 8.47.